The van der Waals surface area contributed by atoms with Gasteiger partial charge in [-0.15, -0.1) is 0 Å². The maximum atomic E-state index is 11.1. The molecule has 0 aliphatic carbocycles. The van der Waals surface area contributed by atoms with Gasteiger partial charge in [-0.3, -0.25) is 4.79 Å². The second kappa shape index (κ2) is 8.39. The summed E-state index contributed by atoms with van der Waals surface area (Å²) in [6.07, 6.45) is 0.767. The minimum absolute atomic E-state index is 0.346. The molecule has 0 spiro atoms. The van der Waals surface area contributed by atoms with Crippen LogP contribution in [0.4, 0.5) is 0 Å². The van der Waals surface area contributed by atoms with Gasteiger partial charge in [0.15, 0.2) is 6.29 Å². The van der Waals surface area contributed by atoms with Gasteiger partial charge in [0.25, 0.3) is 0 Å². The quantitative estimate of drug-likeness (QED) is 0.532. The van der Waals surface area contributed by atoms with E-state index in [1.807, 2.05) is 12.1 Å². The fourth-order valence-electron chi connectivity index (χ4n) is 2.56. The van der Waals surface area contributed by atoms with Crippen molar-refractivity contribution in [1.82, 2.24) is 0 Å². The molecule has 0 bridgehead atoms. The summed E-state index contributed by atoms with van der Waals surface area (Å²) >= 11 is 0. The zero-order valence-corrected chi connectivity index (χ0v) is 14.7. The number of carbonyl (C=O) groups is 1. The smallest absolute Gasteiger partial charge is 0.153 e. The van der Waals surface area contributed by atoms with Crippen molar-refractivity contribution in [3.05, 3.63) is 53.1 Å². The summed E-state index contributed by atoms with van der Waals surface area (Å²) in [4.78, 5) is 11.1. The van der Waals surface area contributed by atoms with Crippen LogP contribution in [0.3, 0.4) is 0 Å². The monoisotopic (exact) mass is 328 g/mol. The lowest BCUT2D eigenvalue weighted by molar-refractivity contribution is 0.111. The number of aldehydes is 1. The van der Waals surface area contributed by atoms with Gasteiger partial charge in [-0.25, -0.2) is 0 Å². The lowest BCUT2D eigenvalue weighted by Crippen LogP contribution is -2.10. The van der Waals surface area contributed by atoms with Crippen molar-refractivity contribution in [2.45, 2.75) is 26.7 Å². The minimum Gasteiger partial charge on any atom is -0.497 e. The number of methoxy groups -OCH3 is 1. The van der Waals surface area contributed by atoms with E-state index in [2.05, 4.69) is 26.8 Å². The van der Waals surface area contributed by atoms with Crippen LogP contribution in [0, 0.1) is 6.92 Å². The number of hydrogen-bond acceptors (Lipinski definition) is 4. The number of aryl methyl sites for hydroxylation is 1. The van der Waals surface area contributed by atoms with Gasteiger partial charge in [-0.2, -0.15) is 0 Å². The topological polar surface area (TPSA) is 44.8 Å². The predicted molar refractivity (Wildman–Crippen MR) is 94.6 cm³/mol. The SMILES string of the molecule is COc1ccc(C=O)c(OCCOc2ccc(C(C)C)c(C)c2)c1. The molecule has 24 heavy (non-hydrogen) atoms. The number of ether oxygens (including phenoxy) is 3. The number of benzene rings is 2. The lowest BCUT2D eigenvalue weighted by atomic mass is 9.98. The molecule has 0 amide bonds. The van der Waals surface area contributed by atoms with Gasteiger partial charge in [0, 0.05) is 6.07 Å². The van der Waals surface area contributed by atoms with E-state index in [1.54, 1.807) is 25.3 Å². The molecule has 0 N–H and O–H groups in total. The molecule has 128 valence electrons. The van der Waals surface area contributed by atoms with Crippen LogP contribution >= 0.6 is 0 Å². The van der Waals surface area contributed by atoms with Crippen molar-refractivity contribution >= 4 is 6.29 Å². The summed E-state index contributed by atoms with van der Waals surface area (Å²) in [5.74, 6) is 2.47. The van der Waals surface area contributed by atoms with Crippen LogP contribution in [0.5, 0.6) is 17.2 Å². The van der Waals surface area contributed by atoms with Crippen LogP contribution in [-0.2, 0) is 0 Å². The van der Waals surface area contributed by atoms with Crippen LogP contribution in [-0.4, -0.2) is 26.6 Å². The van der Waals surface area contributed by atoms with Gasteiger partial charge in [-0.05, 0) is 48.2 Å². The number of carbonyl (C=O) groups excluding carboxylic acids is 1. The number of rotatable bonds is 8. The van der Waals surface area contributed by atoms with Crippen LogP contribution in [0.25, 0.3) is 0 Å². The Morgan fingerprint density at radius 2 is 1.71 bits per heavy atom. The highest BCUT2D eigenvalue weighted by Gasteiger charge is 2.07. The Balaban J connectivity index is 1.91. The lowest BCUT2D eigenvalue weighted by Gasteiger charge is -2.13. The maximum Gasteiger partial charge on any atom is 0.153 e. The first-order valence-electron chi connectivity index (χ1n) is 8.04. The first kappa shape index (κ1) is 17.9. The van der Waals surface area contributed by atoms with Crippen LogP contribution in [0.2, 0.25) is 0 Å². The van der Waals surface area contributed by atoms with E-state index >= 15 is 0 Å². The van der Waals surface area contributed by atoms with Gasteiger partial charge in [0.1, 0.15) is 30.5 Å². The average Bonchev–Trinajstić information content (AvgIpc) is 2.58. The molecule has 0 aliphatic heterocycles. The zero-order chi connectivity index (χ0) is 17.5. The van der Waals surface area contributed by atoms with Gasteiger partial charge < -0.3 is 14.2 Å². The highest BCUT2D eigenvalue weighted by atomic mass is 16.5. The molecule has 0 saturated heterocycles. The molecule has 0 aliphatic rings. The van der Waals surface area contributed by atoms with Crippen LogP contribution in [0.15, 0.2) is 36.4 Å². The molecule has 4 heteroatoms. The van der Waals surface area contributed by atoms with E-state index < -0.39 is 0 Å². The molecular formula is C20H24O4. The normalized spacial score (nSPS) is 10.5. The highest BCUT2D eigenvalue weighted by Crippen LogP contribution is 2.25. The standard InChI is InChI=1S/C20H24O4/c1-14(2)19-8-7-18(11-15(19)3)23-9-10-24-20-12-17(22-4)6-5-16(20)13-21/h5-8,11-14H,9-10H2,1-4H3. The Kier molecular flexibility index (Phi) is 6.24. The third-order valence-electron chi connectivity index (χ3n) is 3.82. The van der Waals surface area contributed by atoms with Crippen molar-refractivity contribution in [2.75, 3.05) is 20.3 Å². The molecule has 0 aromatic heterocycles. The Bertz CT molecular complexity index is 692. The Hall–Kier alpha value is -2.49. The fourth-order valence-corrected chi connectivity index (χ4v) is 2.56. The second-order valence-corrected chi connectivity index (χ2v) is 5.89. The van der Waals surface area contributed by atoms with Crippen molar-refractivity contribution < 1.29 is 19.0 Å². The molecule has 0 fully saturated rings. The molecule has 4 nitrogen and oxygen atoms in total. The third kappa shape index (κ3) is 4.51. The van der Waals surface area contributed by atoms with E-state index in [0.29, 0.717) is 36.2 Å². The summed E-state index contributed by atoms with van der Waals surface area (Å²) in [7, 11) is 1.58. The summed E-state index contributed by atoms with van der Waals surface area (Å²) in [5.41, 5.74) is 3.04. The molecule has 2 aromatic carbocycles. The van der Waals surface area contributed by atoms with E-state index in [1.165, 1.54) is 11.1 Å². The largest absolute Gasteiger partial charge is 0.497 e. The Morgan fingerprint density at radius 3 is 2.33 bits per heavy atom. The molecule has 0 unspecified atom stereocenters. The molecule has 2 rings (SSSR count). The summed E-state index contributed by atoms with van der Waals surface area (Å²) in [6, 6.07) is 11.2. The average molecular weight is 328 g/mol. The molecule has 0 atom stereocenters. The zero-order valence-electron chi connectivity index (χ0n) is 14.7. The Labute approximate surface area is 143 Å². The molecule has 2 aromatic rings. The first-order valence-corrected chi connectivity index (χ1v) is 8.04. The van der Waals surface area contributed by atoms with Crippen LogP contribution in [0.1, 0.15) is 41.3 Å². The predicted octanol–water partition coefficient (Wildman–Crippen LogP) is 4.40. The molecule has 0 heterocycles. The maximum absolute atomic E-state index is 11.1. The summed E-state index contributed by atoms with van der Waals surface area (Å²) in [6.45, 7) is 7.19. The summed E-state index contributed by atoms with van der Waals surface area (Å²) in [5, 5.41) is 0. The van der Waals surface area contributed by atoms with Gasteiger partial charge in [0.2, 0.25) is 0 Å². The third-order valence-corrected chi connectivity index (χ3v) is 3.82. The van der Waals surface area contributed by atoms with E-state index in [0.717, 1.165) is 12.0 Å². The second-order valence-electron chi connectivity index (χ2n) is 5.89. The Morgan fingerprint density at radius 1 is 1.00 bits per heavy atom. The van der Waals surface area contributed by atoms with Crippen molar-refractivity contribution in [2.24, 2.45) is 0 Å². The molecule has 0 saturated carbocycles. The first-order chi connectivity index (χ1) is 11.5. The van der Waals surface area contributed by atoms with Crippen LogP contribution < -0.4 is 14.2 Å². The fraction of sp³-hybridized carbons (Fsp3) is 0.350. The van der Waals surface area contributed by atoms with E-state index in [-0.39, 0.29) is 0 Å². The number of hydrogen-bond donors (Lipinski definition) is 0. The highest BCUT2D eigenvalue weighted by molar-refractivity contribution is 5.79. The van der Waals surface area contributed by atoms with Crippen molar-refractivity contribution in [3.63, 3.8) is 0 Å². The molecule has 0 radical (unpaired) electrons. The van der Waals surface area contributed by atoms with Gasteiger partial charge in [0.05, 0.1) is 12.7 Å². The minimum atomic E-state index is 0.346. The van der Waals surface area contributed by atoms with E-state index in [4.69, 9.17) is 14.2 Å². The molecular weight excluding hydrogens is 304 g/mol. The van der Waals surface area contributed by atoms with Crippen molar-refractivity contribution in [3.8, 4) is 17.2 Å². The van der Waals surface area contributed by atoms with E-state index in [9.17, 15) is 4.79 Å². The van der Waals surface area contributed by atoms with Gasteiger partial charge in [-0.1, -0.05) is 19.9 Å². The van der Waals surface area contributed by atoms with Crippen molar-refractivity contribution in [1.29, 1.82) is 0 Å². The van der Waals surface area contributed by atoms with Gasteiger partial charge >= 0.3 is 0 Å². The summed E-state index contributed by atoms with van der Waals surface area (Å²) < 4.78 is 16.5.